The van der Waals surface area contributed by atoms with Crippen LogP contribution in [0.5, 0.6) is 5.75 Å². The second kappa shape index (κ2) is 7.54. The molecule has 0 aliphatic carbocycles. The second-order valence-corrected chi connectivity index (χ2v) is 8.53. The van der Waals surface area contributed by atoms with Gasteiger partial charge in [-0.2, -0.15) is 0 Å². The van der Waals surface area contributed by atoms with Crippen molar-refractivity contribution in [3.8, 4) is 17.0 Å². The number of nitrogens with two attached hydrogens (primary N) is 1. The van der Waals surface area contributed by atoms with Gasteiger partial charge in [0, 0.05) is 36.8 Å². The lowest BCUT2D eigenvalue weighted by molar-refractivity contribution is 0.415. The number of aromatic amines is 1. The summed E-state index contributed by atoms with van der Waals surface area (Å²) >= 11 is 1.86. The number of hydrogen-bond donors (Lipinski definition) is 2. The standard InChI is InChI=1S/C25H24N2OS/c1-28-17-10-11-22-20(15-17)19(7-4-5-13-26)25(27-22)16-9-12-24-21(14-16)18-6-2-3-8-23(18)29-24/h2-3,6,8-12,14-15,27H,4-5,7,13,26H2,1H3. The molecular weight excluding hydrogens is 376 g/mol. The summed E-state index contributed by atoms with van der Waals surface area (Å²) in [6.45, 7) is 0.730. The molecular formula is C25H24N2OS. The van der Waals surface area contributed by atoms with Gasteiger partial charge in [-0.15, -0.1) is 11.3 Å². The third-order valence-electron chi connectivity index (χ3n) is 5.66. The van der Waals surface area contributed by atoms with Gasteiger partial charge in [0.2, 0.25) is 0 Å². The van der Waals surface area contributed by atoms with E-state index in [2.05, 4.69) is 59.6 Å². The first kappa shape index (κ1) is 18.2. The van der Waals surface area contributed by atoms with Crippen LogP contribution in [0.2, 0.25) is 0 Å². The average molecular weight is 401 g/mol. The van der Waals surface area contributed by atoms with Gasteiger partial charge < -0.3 is 15.5 Å². The molecule has 0 spiro atoms. The van der Waals surface area contributed by atoms with Gasteiger partial charge in [0.1, 0.15) is 5.75 Å². The van der Waals surface area contributed by atoms with Crippen LogP contribution < -0.4 is 10.5 Å². The Bertz CT molecular complexity index is 1310. The molecule has 3 N–H and O–H groups in total. The predicted octanol–water partition coefficient (Wildman–Crippen LogP) is 6.49. The van der Waals surface area contributed by atoms with Crippen molar-refractivity contribution >= 4 is 42.4 Å². The number of nitrogens with one attached hydrogen (secondary N) is 1. The summed E-state index contributed by atoms with van der Waals surface area (Å²) in [5.74, 6) is 0.891. The van der Waals surface area contributed by atoms with Crippen molar-refractivity contribution in [1.82, 2.24) is 4.98 Å². The minimum Gasteiger partial charge on any atom is -0.497 e. The number of thiophene rings is 1. The number of fused-ring (bicyclic) bond motifs is 4. The Kier molecular flexibility index (Phi) is 4.74. The van der Waals surface area contributed by atoms with Crippen LogP contribution in [0.3, 0.4) is 0 Å². The van der Waals surface area contributed by atoms with Gasteiger partial charge in [0.05, 0.1) is 7.11 Å². The van der Waals surface area contributed by atoms with Crippen molar-refractivity contribution in [2.24, 2.45) is 5.73 Å². The van der Waals surface area contributed by atoms with Crippen molar-refractivity contribution in [1.29, 1.82) is 0 Å². The number of H-pyrrole nitrogens is 1. The SMILES string of the molecule is COc1ccc2[nH]c(-c3ccc4sc5ccccc5c4c3)c(CCCCN)c2c1. The summed E-state index contributed by atoms with van der Waals surface area (Å²) in [4.78, 5) is 3.68. The molecule has 4 heteroatoms. The quantitative estimate of drug-likeness (QED) is 0.320. The van der Waals surface area contributed by atoms with Gasteiger partial charge >= 0.3 is 0 Å². The second-order valence-electron chi connectivity index (χ2n) is 7.45. The smallest absolute Gasteiger partial charge is 0.119 e. The molecule has 0 aliphatic rings. The molecule has 0 atom stereocenters. The maximum absolute atomic E-state index is 5.75. The number of methoxy groups -OCH3 is 1. The van der Waals surface area contributed by atoms with Crippen LogP contribution in [0.4, 0.5) is 0 Å². The highest BCUT2D eigenvalue weighted by atomic mass is 32.1. The minimum absolute atomic E-state index is 0.730. The number of ether oxygens (including phenoxy) is 1. The largest absolute Gasteiger partial charge is 0.497 e. The Hall–Kier alpha value is -2.82. The fourth-order valence-electron chi connectivity index (χ4n) is 4.19. The molecule has 3 aromatic carbocycles. The lowest BCUT2D eigenvalue weighted by atomic mass is 9.99. The van der Waals surface area contributed by atoms with Gasteiger partial charge in [0.25, 0.3) is 0 Å². The van der Waals surface area contributed by atoms with Crippen molar-refractivity contribution < 1.29 is 4.74 Å². The Morgan fingerprint density at radius 2 is 1.76 bits per heavy atom. The van der Waals surface area contributed by atoms with E-state index in [1.165, 1.54) is 42.4 Å². The Labute approximate surface area is 174 Å². The molecule has 0 unspecified atom stereocenters. The monoisotopic (exact) mass is 400 g/mol. The van der Waals surface area contributed by atoms with E-state index in [4.69, 9.17) is 10.5 Å². The van der Waals surface area contributed by atoms with E-state index in [0.29, 0.717) is 0 Å². The summed E-state index contributed by atoms with van der Waals surface area (Å²) in [5, 5.41) is 3.90. The first-order valence-electron chi connectivity index (χ1n) is 10.1. The molecule has 0 fully saturated rings. The molecule has 0 aliphatic heterocycles. The van der Waals surface area contributed by atoms with Crippen LogP contribution >= 0.6 is 11.3 Å². The fraction of sp³-hybridized carbons (Fsp3) is 0.200. The number of aryl methyl sites for hydroxylation is 1. The molecule has 0 saturated carbocycles. The highest BCUT2D eigenvalue weighted by Gasteiger charge is 2.15. The molecule has 2 heterocycles. The van der Waals surface area contributed by atoms with Crippen molar-refractivity contribution in [2.45, 2.75) is 19.3 Å². The van der Waals surface area contributed by atoms with Gasteiger partial charge in [-0.05, 0) is 73.3 Å². The first-order valence-corrected chi connectivity index (χ1v) is 10.9. The maximum Gasteiger partial charge on any atom is 0.119 e. The zero-order valence-corrected chi connectivity index (χ0v) is 17.3. The molecule has 5 aromatic rings. The molecule has 5 rings (SSSR count). The highest BCUT2D eigenvalue weighted by Crippen LogP contribution is 2.39. The van der Waals surface area contributed by atoms with E-state index in [1.807, 2.05) is 17.4 Å². The van der Waals surface area contributed by atoms with Crippen LogP contribution in [-0.4, -0.2) is 18.6 Å². The Morgan fingerprint density at radius 1 is 0.897 bits per heavy atom. The van der Waals surface area contributed by atoms with E-state index < -0.39 is 0 Å². The number of unbranched alkanes of at least 4 members (excludes halogenated alkanes) is 1. The molecule has 0 amide bonds. The van der Waals surface area contributed by atoms with E-state index in [9.17, 15) is 0 Å². The lowest BCUT2D eigenvalue weighted by Gasteiger charge is -2.06. The average Bonchev–Trinajstić information content (AvgIpc) is 3.31. The molecule has 0 radical (unpaired) electrons. The molecule has 0 saturated heterocycles. The van der Waals surface area contributed by atoms with E-state index in [1.54, 1.807) is 7.11 Å². The molecule has 2 aromatic heterocycles. The normalized spacial score (nSPS) is 11.7. The number of benzene rings is 3. The summed E-state index contributed by atoms with van der Waals surface area (Å²) in [6.07, 6.45) is 3.11. The van der Waals surface area contributed by atoms with Crippen LogP contribution in [0.25, 0.3) is 42.3 Å². The zero-order chi connectivity index (χ0) is 19.8. The van der Waals surface area contributed by atoms with Gasteiger partial charge in [-0.3, -0.25) is 0 Å². The summed E-state index contributed by atoms with van der Waals surface area (Å²) in [5.41, 5.74) is 10.7. The number of hydrogen-bond acceptors (Lipinski definition) is 3. The predicted molar refractivity (Wildman–Crippen MR) is 125 cm³/mol. The van der Waals surface area contributed by atoms with Gasteiger partial charge in [-0.1, -0.05) is 24.3 Å². The summed E-state index contributed by atoms with van der Waals surface area (Å²) in [6, 6.07) is 21.8. The fourth-order valence-corrected chi connectivity index (χ4v) is 5.27. The molecule has 146 valence electrons. The van der Waals surface area contributed by atoms with Gasteiger partial charge in [0.15, 0.2) is 0 Å². The van der Waals surface area contributed by atoms with E-state index in [0.717, 1.165) is 37.1 Å². The van der Waals surface area contributed by atoms with Gasteiger partial charge in [-0.25, -0.2) is 0 Å². The molecule has 3 nitrogen and oxygen atoms in total. The molecule has 0 bridgehead atoms. The number of aromatic nitrogens is 1. The van der Waals surface area contributed by atoms with Crippen molar-refractivity contribution in [2.75, 3.05) is 13.7 Å². The topological polar surface area (TPSA) is 51.0 Å². The zero-order valence-electron chi connectivity index (χ0n) is 16.5. The highest BCUT2D eigenvalue weighted by molar-refractivity contribution is 7.25. The number of rotatable bonds is 6. The minimum atomic E-state index is 0.730. The summed E-state index contributed by atoms with van der Waals surface area (Å²) in [7, 11) is 1.72. The van der Waals surface area contributed by atoms with Crippen LogP contribution in [0.1, 0.15) is 18.4 Å². The van der Waals surface area contributed by atoms with Crippen LogP contribution in [0, 0.1) is 0 Å². The Balaban J connectivity index is 1.70. The summed E-state index contributed by atoms with van der Waals surface area (Å²) < 4.78 is 8.15. The third kappa shape index (κ3) is 3.18. The molecule has 29 heavy (non-hydrogen) atoms. The van der Waals surface area contributed by atoms with E-state index >= 15 is 0 Å². The van der Waals surface area contributed by atoms with Crippen LogP contribution in [-0.2, 0) is 6.42 Å². The van der Waals surface area contributed by atoms with Crippen molar-refractivity contribution in [3.63, 3.8) is 0 Å². The Morgan fingerprint density at radius 3 is 2.62 bits per heavy atom. The lowest BCUT2D eigenvalue weighted by Crippen LogP contribution is -1.99. The third-order valence-corrected chi connectivity index (χ3v) is 6.81. The maximum atomic E-state index is 5.75. The van der Waals surface area contributed by atoms with E-state index in [-0.39, 0.29) is 0 Å². The van der Waals surface area contributed by atoms with Crippen LogP contribution in [0.15, 0.2) is 60.7 Å². The van der Waals surface area contributed by atoms with Crippen molar-refractivity contribution in [3.05, 3.63) is 66.2 Å². The first-order chi connectivity index (χ1) is 14.3.